The molecule has 1 aromatic rings. The second-order valence-electron chi connectivity index (χ2n) is 9.83. The number of amides is 1. The lowest BCUT2D eigenvalue weighted by atomic mass is 9.76. The summed E-state index contributed by atoms with van der Waals surface area (Å²) in [5.74, 6) is 0.799. The molecule has 0 aromatic heterocycles. The molecule has 4 atom stereocenters. The average Bonchev–Trinajstić information content (AvgIpc) is 3.19. The van der Waals surface area contributed by atoms with Crippen LogP contribution in [-0.4, -0.2) is 94.4 Å². The summed E-state index contributed by atoms with van der Waals surface area (Å²) in [7, 11) is 4.85. The molecule has 0 spiro atoms. The molecule has 1 aliphatic carbocycles. The average molecular weight is 501 g/mol. The Kier molecular flexibility index (Phi) is 7.50. The van der Waals surface area contributed by atoms with Crippen molar-refractivity contribution >= 4 is 11.7 Å². The van der Waals surface area contributed by atoms with Gasteiger partial charge in [0.05, 0.1) is 51.1 Å². The maximum Gasteiger partial charge on any atom is 0.290 e. The summed E-state index contributed by atoms with van der Waals surface area (Å²) in [5.41, 5.74) is 1.19. The molecule has 36 heavy (non-hydrogen) atoms. The molecule has 4 unspecified atom stereocenters. The Labute approximate surface area is 212 Å². The molecule has 3 heterocycles. The highest BCUT2D eigenvalue weighted by Crippen LogP contribution is 2.50. The Morgan fingerprint density at radius 2 is 1.83 bits per heavy atom. The van der Waals surface area contributed by atoms with Crippen LogP contribution in [0.4, 0.5) is 0 Å². The van der Waals surface area contributed by atoms with Gasteiger partial charge in [-0.25, -0.2) is 0 Å². The molecule has 9 nitrogen and oxygen atoms in total. The number of methoxy groups -OCH3 is 3. The Morgan fingerprint density at radius 1 is 1.03 bits per heavy atom. The van der Waals surface area contributed by atoms with Crippen LogP contribution in [0.15, 0.2) is 29.5 Å². The number of ketones is 1. The van der Waals surface area contributed by atoms with E-state index in [1.54, 1.807) is 26.2 Å². The summed E-state index contributed by atoms with van der Waals surface area (Å²) in [6.45, 7) is 4.60. The lowest BCUT2D eigenvalue weighted by molar-refractivity contribution is -0.138. The number of hydrogen-bond donors (Lipinski definition) is 0. The van der Waals surface area contributed by atoms with Crippen molar-refractivity contribution in [1.29, 1.82) is 0 Å². The molecule has 0 radical (unpaired) electrons. The van der Waals surface area contributed by atoms with Gasteiger partial charge in [0.2, 0.25) is 0 Å². The summed E-state index contributed by atoms with van der Waals surface area (Å²) in [5, 5.41) is 0. The minimum atomic E-state index is -0.573. The second kappa shape index (κ2) is 10.8. The Bertz CT molecular complexity index is 1020. The molecule has 5 rings (SSSR count). The van der Waals surface area contributed by atoms with Crippen molar-refractivity contribution < 1.29 is 33.3 Å². The van der Waals surface area contributed by atoms with E-state index >= 15 is 0 Å². The fourth-order valence-corrected chi connectivity index (χ4v) is 6.06. The van der Waals surface area contributed by atoms with Gasteiger partial charge in [-0.3, -0.25) is 14.5 Å². The van der Waals surface area contributed by atoms with Gasteiger partial charge in [0.1, 0.15) is 6.10 Å². The molecule has 2 fully saturated rings. The van der Waals surface area contributed by atoms with Crippen LogP contribution < -0.4 is 9.47 Å². The van der Waals surface area contributed by atoms with E-state index in [9.17, 15) is 9.59 Å². The minimum absolute atomic E-state index is 0.00899. The third-order valence-corrected chi connectivity index (χ3v) is 7.94. The van der Waals surface area contributed by atoms with Crippen LogP contribution in [0, 0.1) is 5.92 Å². The molecule has 3 aliphatic heterocycles. The highest BCUT2D eigenvalue weighted by Gasteiger charge is 2.53. The first-order chi connectivity index (χ1) is 17.6. The third kappa shape index (κ3) is 4.48. The zero-order chi connectivity index (χ0) is 25.2. The van der Waals surface area contributed by atoms with Gasteiger partial charge in [0, 0.05) is 45.3 Å². The number of Topliss-reactive ketones (excluding diaryl/α,β-unsaturated/α-hetero) is 1. The second-order valence-corrected chi connectivity index (χ2v) is 9.83. The van der Waals surface area contributed by atoms with Crippen molar-refractivity contribution in [2.75, 3.05) is 60.7 Å². The summed E-state index contributed by atoms with van der Waals surface area (Å²) in [6.07, 6.45) is 2.59. The van der Waals surface area contributed by atoms with E-state index in [0.717, 1.165) is 51.3 Å². The highest BCUT2D eigenvalue weighted by atomic mass is 16.5. The predicted molar refractivity (Wildman–Crippen MR) is 131 cm³/mol. The van der Waals surface area contributed by atoms with E-state index in [4.69, 9.17) is 23.7 Å². The largest absolute Gasteiger partial charge is 0.493 e. The number of ether oxygens (including phenoxy) is 5. The summed E-state index contributed by atoms with van der Waals surface area (Å²) >= 11 is 0. The number of benzene rings is 1. The molecule has 1 amide bonds. The van der Waals surface area contributed by atoms with E-state index < -0.39 is 6.04 Å². The normalized spacial score (nSPS) is 28.6. The number of rotatable bonds is 8. The lowest BCUT2D eigenvalue weighted by Gasteiger charge is -2.38. The summed E-state index contributed by atoms with van der Waals surface area (Å²) < 4.78 is 28.6. The van der Waals surface area contributed by atoms with Crippen molar-refractivity contribution in [1.82, 2.24) is 9.80 Å². The fourth-order valence-electron chi connectivity index (χ4n) is 6.06. The van der Waals surface area contributed by atoms with Gasteiger partial charge < -0.3 is 28.6 Å². The van der Waals surface area contributed by atoms with E-state index in [1.165, 1.54) is 0 Å². The first kappa shape index (κ1) is 25.0. The van der Waals surface area contributed by atoms with Crippen LogP contribution in [0.25, 0.3) is 0 Å². The summed E-state index contributed by atoms with van der Waals surface area (Å²) in [6, 6.07) is 5.02. The molecule has 0 N–H and O–H groups in total. The monoisotopic (exact) mass is 500 g/mol. The molecule has 9 heteroatoms. The number of carbonyl (C=O) groups is 2. The van der Waals surface area contributed by atoms with Crippen LogP contribution >= 0.6 is 0 Å². The Morgan fingerprint density at radius 3 is 2.56 bits per heavy atom. The number of nitrogens with zero attached hydrogens (tertiary/aromatic N) is 2. The summed E-state index contributed by atoms with van der Waals surface area (Å²) in [4.78, 5) is 31.8. The van der Waals surface area contributed by atoms with Crippen LogP contribution in [0.5, 0.6) is 11.5 Å². The van der Waals surface area contributed by atoms with Gasteiger partial charge in [-0.15, -0.1) is 0 Å². The molecule has 0 bridgehead atoms. The maximum absolute atomic E-state index is 13.9. The van der Waals surface area contributed by atoms with Crippen molar-refractivity contribution in [2.45, 2.75) is 43.9 Å². The Hall–Kier alpha value is -2.62. The van der Waals surface area contributed by atoms with E-state index in [2.05, 4.69) is 4.90 Å². The van der Waals surface area contributed by atoms with Crippen LogP contribution in [0.2, 0.25) is 0 Å². The lowest BCUT2D eigenvalue weighted by Crippen LogP contribution is -2.43. The van der Waals surface area contributed by atoms with Gasteiger partial charge in [0.15, 0.2) is 23.0 Å². The number of morpholine rings is 1. The number of carbonyl (C=O) groups excluding carboxylic acids is 2. The maximum atomic E-state index is 13.9. The van der Waals surface area contributed by atoms with Crippen LogP contribution in [-0.2, 0) is 23.8 Å². The van der Waals surface area contributed by atoms with Gasteiger partial charge >= 0.3 is 0 Å². The standard InChI is InChI=1S/C27H36N2O7/c1-32-17-8-9-18-21(16-17)36-26-22(24(18)30)23(19-6-4-7-20(33-2)25(19)34-3)29(27(26)31)11-5-10-28-12-14-35-15-13-28/h4,6-7,17-18,21,23H,5,8-16H2,1-3H3. The molecule has 1 saturated carbocycles. The quantitative estimate of drug-likeness (QED) is 0.538. The van der Waals surface area contributed by atoms with Crippen molar-refractivity contribution in [3.05, 3.63) is 35.1 Å². The zero-order valence-electron chi connectivity index (χ0n) is 21.4. The number of fused-ring (bicyclic) bond motifs is 1. The van der Waals surface area contributed by atoms with Crippen molar-refractivity contribution in [3.63, 3.8) is 0 Å². The first-order valence-electron chi connectivity index (χ1n) is 12.9. The zero-order valence-corrected chi connectivity index (χ0v) is 21.4. The van der Waals surface area contributed by atoms with Crippen LogP contribution in [0.3, 0.4) is 0 Å². The minimum Gasteiger partial charge on any atom is -0.493 e. The number of para-hydroxylation sites is 1. The third-order valence-electron chi connectivity index (χ3n) is 7.94. The van der Waals surface area contributed by atoms with Crippen molar-refractivity contribution in [3.8, 4) is 11.5 Å². The molecular formula is C27H36N2O7. The molecule has 1 saturated heterocycles. The van der Waals surface area contributed by atoms with Gasteiger partial charge in [-0.1, -0.05) is 12.1 Å². The SMILES string of the molecule is COc1cccc(C2C3=C(OC4CC(OC)CCC4C3=O)C(=O)N2CCCN2CCOCC2)c1OC. The Balaban J connectivity index is 1.48. The van der Waals surface area contributed by atoms with Crippen molar-refractivity contribution in [2.24, 2.45) is 5.92 Å². The molecule has 1 aromatic carbocycles. The van der Waals surface area contributed by atoms with Gasteiger partial charge in [-0.05, 0) is 25.3 Å². The smallest absolute Gasteiger partial charge is 0.290 e. The molecule has 4 aliphatic rings. The molecule has 196 valence electrons. The van der Waals surface area contributed by atoms with E-state index in [1.807, 2.05) is 18.2 Å². The topological polar surface area (TPSA) is 86.8 Å². The molecular weight excluding hydrogens is 464 g/mol. The first-order valence-corrected chi connectivity index (χ1v) is 12.9. The van der Waals surface area contributed by atoms with E-state index in [0.29, 0.717) is 36.5 Å². The van der Waals surface area contributed by atoms with Gasteiger partial charge in [-0.2, -0.15) is 0 Å². The fraction of sp³-hybridized carbons (Fsp3) is 0.630. The highest BCUT2D eigenvalue weighted by molar-refractivity contribution is 6.11. The van der Waals surface area contributed by atoms with Crippen LogP contribution in [0.1, 0.15) is 37.3 Å². The van der Waals surface area contributed by atoms with E-state index in [-0.39, 0.29) is 35.6 Å². The van der Waals surface area contributed by atoms with Gasteiger partial charge in [0.25, 0.3) is 5.91 Å². The number of hydrogen-bond acceptors (Lipinski definition) is 8. The predicted octanol–water partition coefficient (Wildman–Crippen LogP) is 2.35.